The Labute approximate surface area is 143 Å². The van der Waals surface area contributed by atoms with Gasteiger partial charge in [0.2, 0.25) is 11.8 Å². The summed E-state index contributed by atoms with van der Waals surface area (Å²) in [5.41, 5.74) is 7.12. The molecule has 3 N–H and O–H groups in total. The zero-order chi connectivity index (χ0) is 17.2. The summed E-state index contributed by atoms with van der Waals surface area (Å²) in [6.07, 6.45) is 3.95. The number of rotatable bonds is 5. The quantitative estimate of drug-likeness (QED) is 0.574. The Morgan fingerprint density at radius 3 is 2.64 bits per heavy atom. The average molecular weight is 336 g/mol. The van der Waals surface area contributed by atoms with E-state index in [0.717, 1.165) is 18.4 Å². The summed E-state index contributed by atoms with van der Waals surface area (Å²) in [5, 5.41) is 13.6. The van der Waals surface area contributed by atoms with E-state index in [-0.39, 0.29) is 11.7 Å². The van der Waals surface area contributed by atoms with E-state index in [9.17, 15) is 5.11 Å². The predicted octanol–water partition coefficient (Wildman–Crippen LogP) is 2.24. The third-order valence-corrected chi connectivity index (χ3v) is 3.82. The molecule has 3 heterocycles. The lowest BCUT2D eigenvalue weighted by molar-refractivity contribution is 0.475. The highest BCUT2D eigenvalue weighted by Gasteiger charge is 2.13. The molecule has 0 bridgehead atoms. The molecule has 8 nitrogen and oxygen atoms in total. The van der Waals surface area contributed by atoms with Gasteiger partial charge in [-0.2, -0.15) is 19.5 Å². The van der Waals surface area contributed by atoms with Crippen LogP contribution in [0.5, 0.6) is 5.75 Å². The van der Waals surface area contributed by atoms with Crippen molar-refractivity contribution in [2.24, 2.45) is 0 Å². The molecule has 8 heteroatoms. The summed E-state index contributed by atoms with van der Waals surface area (Å²) < 4.78 is 6.70. The lowest BCUT2D eigenvalue weighted by Gasteiger charge is -2.03. The number of aromatic nitrogens is 5. The first-order valence-electron chi connectivity index (χ1n) is 7.90. The fourth-order valence-corrected chi connectivity index (χ4v) is 2.59. The number of phenolic OH excluding ortho intramolecular Hbond substituents is 1. The van der Waals surface area contributed by atoms with E-state index in [2.05, 4.69) is 20.1 Å². The number of nitrogen functional groups attached to an aromatic ring is 1. The summed E-state index contributed by atoms with van der Waals surface area (Å²) >= 11 is 0. The van der Waals surface area contributed by atoms with Gasteiger partial charge in [0.25, 0.3) is 5.78 Å². The monoisotopic (exact) mass is 336 g/mol. The molecule has 0 unspecified atom stereocenters. The number of benzene rings is 1. The normalized spacial score (nSPS) is 11.2. The maximum atomic E-state index is 9.31. The van der Waals surface area contributed by atoms with Crippen molar-refractivity contribution >= 4 is 11.7 Å². The first-order valence-corrected chi connectivity index (χ1v) is 7.90. The van der Waals surface area contributed by atoms with Crippen LogP contribution >= 0.6 is 0 Å². The summed E-state index contributed by atoms with van der Waals surface area (Å²) in [5.74, 6) is 2.52. The molecular weight excluding hydrogens is 320 g/mol. The van der Waals surface area contributed by atoms with Gasteiger partial charge in [-0.1, -0.05) is 12.1 Å². The van der Waals surface area contributed by atoms with Crippen molar-refractivity contribution in [3.8, 4) is 17.3 Å². The molecule has 0 radical (unpaired) electrons. The second-order valence-electron chi connectivity index (χ2n) is 5.64. The third-order valence-electron chi connectivity index (χ3n) is 3.82. The van der Waals surface area contributed by atoms with E-state index in [1.165, 1.54) is 4.52 Å². The number of hydrogen-bond acceptors (Lipinski definition) is 7. The molecule has 0 saturated heterocycles. The van der Waals surface area contributed by atoms with E-state index >= 15 is 0 Å². The smallest absolute Gasteiger partial charge is 0.257 e. The number of phenols is 1. The standard InChI is InChI=1S/C17H16N6O2/c18-16-19-14(5-1-3-11-6-8-12(24)9-7-11)20-17-21-15(22-23(16)17)13-4-2-10-25-13/h2,4,6-10,24H,1,3,5H2,(H2,18,19,20,21,22). The SMILES string of the molecule is Nc1nc(CCCc2ccc(O)cc2)nc2nc(-c3ccco3)nn12. The van der Waals surface area contributed by atoms with Crippen LogP contribution in [0.2, 0.25) is 0 Å². The first-order chi connectivity index (χ1) is 12.2. The van der Waals surface area contributed by atoms with Crippen LogP contribution in [0.15, 0.2) is 47.1 Å². The zero-order valence-corrected chi connectivity index (χ0v) is 13.3. The topological polar surface area (TPSA) is 115 Å². The fourth-order valence-electron chi connectivity index (χ4n) is 2.59. The van der Waals surface area contributed by atoms with Crippen molar-refractivity contribution in [2.45, 2.75) is 19.3 Å². The Morgan fingerprint density at radius 2 is 1.88 bits per heavy atom. The van der Waals surface area contributed by atoms with E-state index < -0.39 is 0 Å². The molecular formula is C17H16N6O2. The highest BCUT2D eigenvalue weighted by atomic mass is 16.3. The van der Waals surface area contributed by atoms with E-state index in [1.807, 2.05) is 12.1 Å². The van der Waals surface area contributed by atoms with Crippen LogP contribution in [-0.2, 0) is 12.8 Å². The third kappa shape index (κ3) is 3.14. The number of aromatic hydroxyl groups is 1. The largest absolute Gasteiger partial charge is 0.508 e. The molecule has 3 aromatic heterocycles. The van der Waals surface area contributed by atoms with Crippen LogP contribution in [0, 0.1) is 0 Å². The fraction of sp³-hybridized carbons (Fsp3) is 0.176. The van der Waals surface area contributed by atoms with Crippen molar-refractivity contribution in [3.05, 3.63) is 54.0 Å². The Morgan fingerprint density at radius 1 is 1.04 bits per heavy atom. The van der Waals surface area contributed by atoms with Gasteiger partial charge in [-0.3, -0.25) is 0 Å². The molecule has 0 fully saturated rings. The Kier molecular flexibility index (Phi) is 3.77. The second-order valence-corrected chi connectivity index (χ2v) is 5.64. The molecule has 0 spiro atoms. The highest BCUT2D eigenvalue weighted by Crippen LogP contribution is 2.17. The molecule has 4 rings (SSSR count). The van der Waals surface area contributed by atoms with Gasteiger partial charge in [0.1, 0.15) is 11.6 Å². The minimum absolute atomic E-state index is 0.245. The highest BCUT2D eigenvalue weighted by molar-refractivity contribution is 5.50. The maximum Gasteiger partial charge on any atom is 0.257 e. The number of anilines is 1. The van der Waals surface area contributed by atoms with Crippen LogP contribution in [0.25, 0.3) is 17.4 Å². The number of fused-ring (bicyclic) bond motifs is 1. The van der Waals surface area contributed by atoms with Crippen LogP contribution in [-0.4, -0.2) is 29.7 Å². The summed E-state index contributed by atoms with van der Waals surface area (Å²) in [6, 6.07) is 10.7. The number of aryl methyl sites for hydroxylation is 2. The van der Waals surface area contributed by atoms with Gasteiger partial charge >= 0.3 is 0 Å². The second kappa shape index (κ2) is 6.23. The molecule has 0 aliphatic heterocycles. The number of furan rings is 1. The van der Waals surface area contributed by atoms with Crippen LogP contribution in [0.3, 0.4) is 0 Å². The van der Waals surface area contributed by atoms with E-state index in [1.54, 1.807) is 30.5 Å². The Balaban J connectivity index is 1.51. The van der Waals surface area contributed by atoms with Crippen molar-refractivity contribution in [1.29, 1.82) is 0 Å². The van der Waals surface area contributed by atoms with Crippen LogP contribution in [0.1, 0.15) is 17.8 Å². The van der Waals surface area contributed by atoms with Gasteiger partial charge in [-0.05, 0) is 42.7 Å². The molecule has 0 aliphatic rings. The predicted molar refractivity (Wildman–Crippen MR) is 90.8 cm³/mol. The summed E-state index contributed by atoms with van der Waals surface area (Å²) in [7, 11) is 0. The van der Waals surface area contributed by atoms with Gasteiger partial charge in [0.15, 0.2) is 5.76 Å². The molecule has 0 atom stereocenters. The number of nitrogens with zero attached hydrogens (tertiary/aromatic N) is 5. The van der Waals surface area contributed by atoms with Gasteiger partial charge in [-0.25, -0.2) is 0 Å². The minimum Gasteiger partial charge on any atom is -0.508 e. The molecule has 1 aromatic carbocycles. The number of hydrogen-bond donors (Lipinski definition) is 2. The lowest BCUT2D eigenvalue weighted by Crippen LogP contribution is -2.08. The van der Waals surface area contributed by atoms with Crippen LogP contribution < -0.4 is 5.73 Å². The van der Waals surface area contributed by atoms with Crippen molar-refractivity contribution in [3.63, 3.8) is 0 Å². The lowest BCUT2D eigenvalue weighted by atomic mass is 10.1. The average Bonchev–Trinajstić information content (AvgIpc) is 3.26. The van der Waals surface area contributed by atoms with Gasteiger partial charge in [0.05, 0.1) is 6.26 Å². The summed E-state index contributed by atoms with van der Waals surface area (Å²) in [6.45, 7) is 0. The van der Waals surface area contributed by atoms with Crippen molar-refractivity contribution in [1.82, 2.24) is 24.6 Å². The Hall–Kier alpha value is -3.42. The number of nitrogens with two attached hydrogens (primary N) is 1. The Bertz CT molecular complexity index is 992. The summed E-state index contributed by atoms with van der Waals surface area (Å²) in [4.78, 5) is 13.1. The van der Waals surface area contributed by atoms with Crippen LogP contribution in [0.4, 0.5) is 5.95 Å². The van der Waals surface area contributed by atoms with Gasteiger partial charge < -0.3 is 15.3 Å². The van der Waals surface area contributed by atoms with Gasteiger partial charge in [0, 0.05) is 6.42 Å². The van der Waals surface area contributed by atoms with Gasteiger partial charge in [-0.15, -0.1) is 5.10 Å². The molecule has 4 aromatic rings. The molecule has 0 saturated carbocycles. The van der Waals surface area contributed by atoms with E-state index in [0.29, 0.717) is 29.6 Å². The zero-order valence-electron chi connectivity index (χ0n) is 13.3. The van der Waals surface area contributed by atoms with E-state index in [4.69, 9.17) is 10.2 Å². The van der Waals surface area contributed by atoms with Crippen molar-refractivity contribution < 1.29 is 9.52 Å². The molecule has 25 heavy (non-hydrogen) atoms. The maximum absolute atomic E-state index is 9.31. The molecule has 0 amide bonds. The first kappa shape index (κ1) is 15.1. The van der Waals surface area contributed by atoms with Crippen molar-refractivity contribution in [2.75, 3.05) is 5.73 Å². The molecule has 0 aliphatic carbocycles. The molecule has 126 valence electrons. The minimum atomic E-state index is 0.245.